The summed E-state index contributed by atoms with van der Waals surface area (Å²) in [4.78, 5) is 15.1. The summed E-state index contributed by atoms with van der Waals surface area (Å²) in [6.07, 6.45) is 5.45. The standard InChI is InChI=1S/C11H15FN2O/c12-10-8-14-7-5-9(10)11(15)4-2-1-3-6-13/h5,7-8H,1-4,6,13H2. The SMILES string of the molecule is NCCCCCC(=O)c1ccncc1F. The largest absolute Gasteiger partial charge is 0.330 e. The van der Waals surface area contributed by atoms with Gasteiger partial charge in [0.15, 0.2) is 11.6 Å². The molecule has 0 atom stereocenters. The fourth-order valence-electron chi connectivity index (χ4n) is 1.34. The molecule has 82 valence electrons. The minimum absolute atomic E-state index is 0.137. The third-order valence-electron chi connectivity index (χ3n) is 2.18. The maximum absolute atomic E-state index is 13.1. The number of pyridine rings is 1. The molecule has 0 aliphatic rings. The van der Waals surface area contributed by atoms with Crippen LogP contribution < -0.4 is 5.73 Å². The minimum Gasteiger partial charge on any atom is -0.330 e. The van der Waals surface area contributed by atoms with Gasteiger partial charge < -0.3 is 5.73 Å². The number of hydrogen-bond donors (Lipinski definition) is 1. The van der Waals surface area contributed by atoms with Crippen molar-refractivity contribution in [3.8, 4) is 0 Å². The summed E-state index contributed by atoms with van der Waals surface area (Å²) in [5.74, 6) is -0.701. The van der Waals surface area contributed by atoms with Crippen molar-refractivity contribution in [3.63, 3.8) is 0 Å². The molecule has 0 unspecified atom stereocenters. The van der Waals surface area contributed by atoms with Gasteiger partial charge in [-0.05, 0) is 25.5 Å². The number of hydrogen-bond acceptors (Lipinski definition) is 3. The molecule has 0 aliphatic heterocycles. The Balaban J connectivity index is 2.44. The van der Waals surface area contributed by atoms with Gasteiger partial charge in [-0.2, -0.15) is 0 Å². The van der Waals surface area contributed by atoms with Crippen molar-refractivity contribution < 1.29 is 9.18 Å². The molecule has 0 amide bonds. The Morgan fingerprint density at radius 2 is 2.20 bits per heavy atom. The monoisotopic (exact) mass is 210 g/mol. The van der Waals surface area contributed by atoms with Crippen molar-refractivity contribution in [3.05, 3.63) is 29.8 Å². The van der Waals surface area contributed by atoms with Crippen LogP contribution in [0, 0.1) is 5.82 Å². The van der Waals surface area contributed by atoms with E-state index in [1.807, 2.05) is 0 Å². The number of halogens is 1. The number of Topliss-reactive ketones (excluding diaryl/α,β-unsaturated/α-hetero) is 1. The highest BCUT2D eigenvalue weighted by Gasteiger charge is 2.10. The van der Waals surface area contributed by atoms with E-state index >= 15 is 0 Å². The van der Waals surface area contributed by atoms with Crippen LogP contribution in [0.1, 0.15) is 36.0 Å². The summed E-state index contributed by atoms with van der Waals surface area (Å²) in [5.41, 5.74) is 5.46. The van der Waals surface area contributed by atoms with Crippen molar-refractivity contribution in [2.24, 2.45) is 5.73 Å². The number of rotatable bonds is 6. The van der Waals surface area contributed by atoms with Gasteiger partial charge in [0.25, 0.3) is 0 Å². The van der Waals surface area contributed by atoms with Crippen LogP contribution in [-0.2, 0) is 0 Å². The molecule has 0 radical (unpaired) electrons. The molecular formula is C11H15FN2O. The molecule has 15 heavy (non-hydrogen) atoms. The number of nitrogens with two attached hydrogens (primary N) is 1. The molecule has 0 bridgehead atoms. The third kappa shape index (κ3) is 3.75. The first-order chi connectivity index (χ1) is 7.25. The van der Waals surface area contributed by atoms with Gasteiger partial charge in [0, 0.05) is 12.6 Å². The average Bonchev–Trinajstić information content (AvgIpc) is 2.25. The van der Waals surface area contributed by atoms with E-state index in [1.165, 1.54) is 12.3 Å². The molecule has 1 rings (SSSR count). The average molecular weight is 210 g/mol. The summed E-state index contributed by atoms with van der Waals surface area (Å²) in [6, 6.07) is 1.42. The van der Waals surface area contributed by atoms with E-state index in [0.717, 1.165) is 25.5 Å². The highest BCUT2D eigenvalue weighted by Crippen LogP contribution is 2.10. The highest BCUT2D eigenvalue weighted by atomic mass is 19.1. The third-order valence-corrected chi connectivity index (χ3v) is 2.18. The van der Waals surface area contributed by atoms with Crippen LogP contribution >= 0.6 is 0 Å². The van der Waals surface area contributed by atoms with Crippen LogP contribution in [0.25, 0.3) is 0 Å². The van der Waals surface area contributed by atoms with Crippen molar-refractivity contribution in [2.75, 3.05) is 6.54 Å². The fourth-order valence-corrected chi connectivity index (χ4v) is 1.34. The first-order valence-electron chi connectivity index (χ1n) is 5.08. The summed E-state index contributed by atoms with van der Waals surface area (Å²) in [5, 5.41) is 0. The van der Waals surface area contributed by atoms with Gasteiger partial charge in [0.2, 0.25) is 0 Å². The molecule has 1 aromatic rings. The summed E-state index contributed by atoms with van der Waals surface area (Å²) >= 11 is 0. The zero-order chi connectivity index (χ0) is 11.1. The Hall–Kier alpha value is -1.29. The quantitative estimate of drug-likeness (QED) is 0.576. The van der Waals surface area contributed by atoms with E-state index in [-0.39, 0.29) is 11.3 Å². The number of nitrogens with zero attached hydrogens (tertiary/aromatic N) is 1. The van der Waals surface area contributed by atoms with Gasteiger partial charge in [-0.3, -0.25) is 9.78 Å². The van der Waals surface area contributed by atoms with Gasteiger partial charge in [0.05, 0.1) is 11.8 Å². The molecule has 0 saturated carbocycles. The van der Waals surface area contributed by atoms with Crippen LogP contribution in [0.2, 0.25) is 0 Å². The smallest absolute Gasteiger partial charge is 0.165 e. The van der Waals surface area contributed by atoms with Crippen LogP contribution in [-0.4, -0.2) is 17.3 Å². The van der Waals surface area contributed by atoms with E-state index in [9.17, 15) is 9.18 Å². The number of aromatic nitrogens is 1. The second-order valence-electron chi connectivity index (χ2n) is 3.38. The van der Waals surface area contributed by atoms with E-state index in [0.29, 0.717) is 13.0 Å². The van der Waals surface area contributed by atoms with E-state index in [4.69, 9.17) is 5.73 Å². The lowest BCUT2D eigenvalue weighted by Gasteiger charge is -2.01. The molecule has 0 aliphatic carbocycles. The number of ketones is 1. The van der Waals surface area contributed by atoms with Crippen LogP contribution in [0.4, 0.5) is 4.39 Å². The fraction of sp³-hybridized carbons (Fsp3) is 0.455. The van der Waals surface area contributed by atoms with E-state index in [2.05, 4.69) is 4.98 Å². The molecule has 1 heterocycles. The molecule has 0 spiro atoms. The Morgan fingerprint density at radius 1 is 1.40 bits per heavy atom. The van der Waals surface area contributed by atoms with Gasteiger partial charge in [0.1, 0.15) is 0 Å². The van der Waals surface area contributed by atoms with Crippen LogP contribution in [0.15, 0.2) is 18.5 Å². The van der Waals surface area contributed by atoms with Gasteiger partial charge in [-0.15, -0.1) is 0 Å². The molecule has 2 N–H and O–H groups in total. The topological polar surface area (TPSA) is 56.0 Å². The Morgan fingerprint density at radius 3 is 2.87 bits per heavy atom. The summed E-state index contributed by atoms with van der Waals surface area (Å²) in [6.45, 7) is 0.637. The second-order valence-corrected chi connectivity index (χ2v) is 3.38. The zero-order valence-electron chi connectivity index (χ0n) is 8.58. The van der Waals surface area contributed by atoms with Gasteiger partial charge in [-0.25, -0.2) is 4.39 Å². The van der Waals surface area contributed by atoms with Crippen LogP contribution in [0.3, 0.4) is 0 Å². The molecule has 0 saturated heterocycles. The molecule has 3 nitrogen and oxygen atoms in total. The predicted octanol–water partition coefficient (Wildman–Crippen LogP) is 1.92. The first kappa shape index (κ1) is 11.8. The van der Waals surface area contributed by atoms with Crippen molar-refractivity contribution >= 4 is 5.78 Å². The number of carbonyl (C=O) groups is 1. The number of unbranched alkanes of at least 4 members (excludes halogenated alkanes) is 2. The second kappa shape index (κ2) is 6.24. The molecule has 0 fully saturated rings. The molecule has 4 heteroatoms. The lowest BCUT2D eigenvalue weighted by atomic mass is 10.1. The maximum Gasteiger partial charge on any atom is 0.165 e. The lowest BCUT2D eigenvalue weighted by molar-refractivity contribution is 0.0975. The summed E-state index contributed by atoms with van der Waals surface area (Å²) < 4.78 is 13.1. The Labute approximate surface area is 88.5 Å². The molecular weight excluding hydrogens is 195 g/mol. The Kier molecular flexibility index (Phi) is 4.90. The van der Waals surface area contributed by atoms with Gasteiger partial charge >= 0.3 is 0 Å². The van der Waals surface area contributed by atoms with E-state index < -0.39 is 5.82 Å². The Bertz CT molecular complexity index is 328. The highest BCUT2D eigenvalue weighted by molar-refractivity contribution is 5.96. The van der Waals surface area contributed by atoms with Crippen molar-refractivity contribution in [2.45, 2.75) is 25.7 Å². The predicted molar refractivity (Wildman–Crippen MR) is 56.0 cm³/mol. The van der Waals surface area contributed by atoms with Crippen molar-refractivity contribution in [1.82, 2.24) is 4.98 Å². The maximum atomic E-state index is 13.1. The molecule has 1 aromatic heterocycles. The van der Waals surface area contributed by atoms with Crippen LogP contribution in [0.5, 0.6) is 0 Å². The van der Waals surface area contributed by atoms with Crippen molar-refractivity contribution in [1.29, 1.82) is 0 Å². The first-order valence-corrected chi connectivity index (χ1v) is 5.08. The molecule has 0 aromatic carbocycles. The van der Waals surface area contributed by atoms with Gasteiger partial charge in [-0.1, -0.05) is 6.42 Å². The van der Waals surface area contributed by atoms with E-state index in [1.54, 1.807) is 0 Å². The number of carbonyl (C=O) groups excluding carboxylic acids is 1. The normalized spacial score (nSPS) is 10.3. The minimum atomic E-state index is -0.540. The zero-order valence-corrected chi connectivity index (χ0v) is 8.58. The lowest BCUT2D eigenvalue weighted by Crippen LogP contribution is -2.03. The summed E-state index contributed by atoms with van der Waals surface area (Å²) in [7, 11) is 0.